The molecule has 1 heterocycles. The van der Waals surface area contributed by atoms with Crippen LogP contribution in [0.5, 0.6) is 0 Å². The lowest BCUT2D eigenvalue weighted by molar-refractivity contribution is 0.601. The Morgan fingerprint density at radius 3 is 2.64 bits per heavy atom. The minimum absolute atomic E-state index is 0.0370. The Balaban J connectivity index is 3.24. The molecule has 11 heavy (non-hydrogen) atoms. The molecule has 0 aromatic carbocycles. The van der Waals surface area contributed by atoms with Crippen molar-refractivity contribution in [2.45, 2.75) is 5.03 Å². The molecule has 3 nitrogen and oxygen atoms in total. The van der Waals surface area contributed by atoms with Gasteiger partial charge in [-0.25, -0.2) is 13.4 Å². The summed E-state index contributed by atoms with van der Waals surface area (Å²) in [5, 5.41) is 0.921. The number of pyridine rings is 1. The van der Waals surface area contributed by atoms with Gasteiger partial charge in [-0.2, -0.15) is 0 Å². The van der Waals surface area contributed by atoms with E-state index in [9.17, 15) is 8.42 Å². The van der Waals surface area contributed by atoms with Crippen molar-refractivity contribution >= 4 is 9.84 Å². The maximum Gasteiger partial charge on any atom is 0.216 e. The van der Waals surface area contributed by atoms with Crippen LogP contribution in [0.1, 0.15) is 0 Å². The first-order valence-electron chi connectivity index (χ1n) is 2.95. The summed E-state index contributed by atoms with van der Waals surface area (Å²) in [5.74, 6) is 0. The van der Waals surface area contributed by atoms with Crippen molar-refractivity contribution in [3.63, 3.8) is 0 Å². The molecule has 0 N–H and O–H groups in total. The summed E-state index contributed by atoms with van der Waals surface area (Å²) >= 11 is 0. The third kappa shape index (κ3) is 1.65. The van der Waals surface area contributed by atoms with Crippen LogP contribution in [0.25, 0.3) is 0 Å². The predicted octanol–water partition coefficient (Wildman–Crippen LogP) is 0.999. The summed E-state index contributed by atoms with van der Waals surface area (Å²) < 4.78 is 22.0. The number of rotatable bonds is 2. The van der Waals surface area contributed by atoms with Gasteiger partial charge in [0.2, 0.25) is 9.84 Å². The molecule has 0 bridgehead atoms. The van der Waals surface area contributed by atoms with Crippen LogP contribution >= 0.6 is 0 Å². The zero-order valence-corrected chi connectivity index (χ0v) is 6.58. The molecule has 0 atom stereocenters. The molecule has 1 aromatic heterocycles. The van der Waals surface area contributed by atoms with E-state index in [4.69, 9.17) is 0 Å². The normalized spacial score (nSPS) is 10.9. The highest BCUT2D eigenvalue weighted by Gasteiger charge is 2.08. The number of aromatic nitrogens is 1. The van der Waals surface area contributed by atoms with Crippen LogP contribution in [0.4, 0.5) is 0 Å². The molecule has 0 amide bonds. The molecule has 0 aliphatic heterocycles. The highest BCUT2D eigenvalue weighted by molar-refractivity contribution is 7.94. The lowest BCUT2D eigenvalue weighted by atomic mass is 10.5. The van der Waals surface area contributed by atoms with E-state index >= 15 is 0 Å². The summed E-state index contributed by atoms with van der Waals surface area (Å²) in [4.78, 5) is 3.66. The third-order valence-electron chi connectivity index (χ3n) is 1.15. The van der Waals surface area contributed by atoms with Crippen molar-refractivity contribution in [2.24, 2.45) is 0 Å². The first kappa shape index (κ1) is 7.94. The van der Waals surface area contributed by atoms with E-state index in [0.717, 1.165) is 5.41 Å². The van der Waals surface area contributed by atoms with Crippen molar-refractivity contribution in [1.82, 2.24) is 4.98 Å². The Labute approximate surface area is 65.3 Å². The van der Waals surface area contributed by atoms with E-state index in [0.29, 0.717) is 0 Å². The minimum atomic E-state index is -3.35. The first-order valence-corrected chi connectivity index (χ1v) is 4.50. The molecule has 0 saturated heterocycles. The van der Waals surface area contributed by atoms with Gasteiger partial charge in [0.05, 0.1) is 0 Å². The van der Waals surface area contributed by atoms with Gasteiger partial charge in [0.15, 0.2) is 5.03 Å². The van der Waals surface area contributed by atoms with Crippen LogP contribution in [0.15, 0.2) is 41.4 Å². The minimum Gasteiger partial charge on any atom is -0.244 e. The molecule has 0 radical (unpaired) electrons. The molecular formula is C7H7NO2S. The average Bonchev–Trinajstić information content (AvgIpc) is 2.06. The molecule has 0 aliphatic carbocycles. The second-order valence-electron chi connectivity index (χ2n) is 1.88. The Hall–Kier alpha value is -1.16. The maximum absolute atomic E-state index is 11.0. The predicted molar refractivity (Wildman–Crippen MR) is 41.6 cm³/mol. The zero-order chi connectivity index (χ0) is 8.32. The van der Waals surface area contributed by atoms with Crippen LogP contribution in [-0.2, 0) is 9.84 Å². The summed E-state index contributed by atoms with van der Waals surface area (Å²) in [6, 6.07) is 4.70. The first-order chi connectivity index (χ1) is 5.17. The van der Waals surface area contributed by atoms with Crippen LogP contribution < -0.4 is 0 Å². The van der Waals surface area contributed by atoms with E-state index in [1.165, 1.54) is 12.3 Å². The molecule has 1 aromatic rings. The van der Waals surface area contributed by atoms with Gasteiger partial charge < -0.3 is 0 Å². The van der Waals surface area contributed by atoms with E-state index in [-0.39, 0.29) is 5.03 Å². The molecule has 4 heteroatoms. The molecule has 0 unspecified atom stereocenters. The van der Waals surface area contributed by atoms with Crippen LogP contribution in [0, 0.1) is 0 Å². The van der Waals surface area contributed by atoms with Crippen molar-refractivity contribution in [1.29, 1.82) is 0 Å². The van der Waals surface area contributed by atoms with Crippen LogP contribution in [0.3, 0.4) is 0 Å². The number of sulfone groups is 1. The third-order valence-corrected chi connectivity index (χ3v) is 2.41. The fourth-order valence-electron chi connectivity index (χ4n) is 0.601. The summed E-state index contributed by atoms with van der Waals surface area (Å²) in [5.41, 5.74) is 0. The quantitative estimate of drug-likeness (QED) is 0.663. The number of nitrogens with zero attached hydrogens (tertiary/aromatic N) is 1. The van der Waals surface area contributed by atoms with Crippen LogP contribution in [0.2, 0.25) is 0 Å². The topological polar surface area (TPSA) is 47.0 Å². The Morgan fingerprint density at radius 2 is 2.18 bits per heavy atom. The SMILES string of the molecule is C=CS(=O)(=O)c1ccccn1. The molecule has 0 fully saturated rings. The largest absolute Gasteiger partial charge is 0.244 e. The monoisotopic (exact) mass is 169 g/mol. The smallest absolute Gasteiger partial charge is 0.216 e. The Morgan fingerprint density at radius 1 is 1.45 bits per heavy atom. The lowest BCUT2D eigenvalue weighted by Gasteiger charge is -1.93. The van der Waals surface area contributed by atoms with E-state index < -0.39 is 9.84 Å². The molecule has 58 valence electrons. The van der Waals surface area contributed by atoms with Crippen molar-refractivity contribution in [3.8, 4) is 0 Å². The van der Waals surface area contributed by atoms with Gasteiger partial charge in [-0.15, -0.1) is 0 Å². The molecule has 0 aliphatic rings. The second kappa shape index (κ2) is 2.84. The molecule has 0 spiro atoms. The van der Waals surface area contributed by atoms with E-state index in [1.807, 2.05) is 0 Å². The standard InChI is InChI=1S/C7H7NO2S/c1-2-11(9,10)7-5-3-4-6-8-7/h2-6H,1H2. The number of hydrogen-bond donors (Lipinski definition) is 0. The van der Waals surface area contributed by atoms with Gasteiger partial charge in [0, 0.05) is 11.6 Å². The van der Waals surface area contributed by atoms with Gasteiger partial charge in [-0.3, -0.25) is 0 Å². The highest BCUT2D eigenvalue weighted by atomic mass is 32.2. The highest BCUT2D eigenvalue weighted by Crippen LogP contribution is 2.05. The molecular weight excluding hydrogens is 162 g/mol. The fourth-order valence-corrected chi connectivity index (χ4v) is 1.25. The zero-order valence-electron chi connectivity index (χ0n) is 5.77. The summed E-state index contributed by atoms with van der Waals surface area (Å²) in [7, 11) is -3.35. The van der Waals surface area contributed by atoms with Gasteiger partial charge in [-0.05, 0) is 12.1 Å². The lowest BCUT2D eigenvalue weighted by Crippen LogP contribution is -1.97. The average molecular weight is 169 g/mol. The van der Waals surface area contributed by atoms with Crippen molar-refractivity contribution < 1.29 is 8.42 Å². The summed E-state index contributed by atoms with van der Waals surface area (Å²) in [6.07, 6.45) is 1.43. The van der Waals surface area contributed by atoms with E-state index in [2.05, 4.69) is 11.6 Å². The van der Waals surface area contributed by atoms with Gasteiger partial charge >= 0.3 is 0 Å². The van der Waals surface area contributed by atoms with Gasteiger partial charge in [0.1, 0.15) is 0 Å². The van der Waals surface area contributed by atoms with Crippen molar-refractivity contribution in [3.05, 3.63) is 36.4 Å². The van der Waals surface area contributed by atoms with Crippen molar-refractivity contribution in [2.75, 3.05) is 0 Å². The fraction of sp³-hybridized carbons (Fsp3) is 0. The number of hydrogen-bond acceptors (Lipinski definition) is 3. The van der Waals surface area contributed by atoms with Gasteiger partial charge in [0.25, 0.3) is 0 Å². The molecule has 1 rings (SSSR count). The van der Waals surface area contributed by atoms with Gasteiger partial charge in [-0.1, -0.05) is 12.6 Å². The molecule has 0 saturated carbocycles. The second-order valence-corrected chi connectivity index (χ2v) is 3.72. The Kier molecular flexibility index (Phi) is 2.05. The van der Waals surface area contributed by atoms with Crippen LogP contribution in [-0.4, -0.2) is 13.4 Å². The summed E-state index contributed by atoms with van der Waals surface area (Å²) in [6.45, 7) is 3.18. The maximum atomic E-state index is 11.0. The van der Waals surface area contributed by atoms with E-state index in [1.54, 1.807) is 12.1 Å². The Bertz CT molecular complexity index is 342.